The highest BCUT2D eigenvalue weighted by Crippen LogP contribution is 2.33. The van der Waals surface area contributed by atoms with Gasteiger partial charge in [-0.15, -0.1) is 6.58 Å². The van der Waals surface area contributed by atoms with E-state index in [1.807, 2.05) is 27.8 Å². The zero-order chi connectivity index (χ0) is 27.2. The molecule has 8 nitrogen and oxygen atoms in total. The molecule has 2 aliphatic rings. The van der Waals surface area contributed by atoms with E-state index in [0.717, 1.165) is 19.4 Å². The van der Waals surface area contributed by atoms with Crippen molar-refractivity contribution in [2.75, 3.05) is 20.2 Å². The van der Waals surface area contributed by atoms with Gasteiger partial charge in [-0.2, -0.15) is 0 Å². The Morgan fingerprint density at radius 1 is 1.11 bits per heavy atom. The maximum atomic E-state index is 13.1. The third-order valence-electron chi connectivity index (χ3n) is 8.30. The second-order valence-corrected chi connectivity index (χ2v) is 11.4. The fourth-order valence-electron chi connectivity index (χ4n) is 5.98. The topological polar surface area (TPSA) is 109 Å². The van der Waals surface area contributed by atoms with Crippen LogP contribution in [0.3, 0.4) is 0 Å². The summed E-state index contributed by atoms with van der Waals surface area (Å²) < 4.78 is 17.9. The average molecular weight is 514 g/mol. The second kappa shape index (κ2) is 14.2. The SMILES string of the molecule is C=C[C@@H]1[C@@H](O)[C@@H](C)[C@@H](CC)OC(=O)[C@H](C)[C@@H](O)[C@H](C)[C@@H](O[C@@H]2OCCC[C@H]2O)[C@@H](C)C[C@@H](C)CN1C. The van der Waals surface area contributed by atoms with E-state index in [2.05, 4.69) is 25.3 Å². The van der Waals surface area contributed by atoms with Gasteiger partial charge in [-0.05, 0) is 51.5 Å². The third-order valence-corrected chi connectivity index (χ3v) is 8.30. The number of nitrogens with zero attached hydrogens (tertiary/aromatic N) is 1. The van der Waals surface area contributed by atoms with Crippen molar-refractivity contribution in [3.05, 3.63) is 12.7 Å². The summed E-state index contributed by atoms with van der Waals surface area (Å²) in [5.74, 6) is -1.73. The van der Waals surface area contributed by atoms with Crippen molar-refractivity contribution in [3.8, 4) is 0 Å². The highest BCUT2D eigenvalue weighted by molar-refractivity contribution is 5.73. The van der Waals surface area contributed by atoms with Gasteiger partial charge in [0.1, 0.15) is 12.2 Å². The lowest BCUT2D eigenvalue weighted by atomic mass is 9.81. The maximum Gasteiger partial charge on any atom is 0.311 e. The number of carbonyl (C=O) groups excluding carboxylic acids is 1. The Labute approximate surface area is 218 Å². The first-order valence-electron chi connectivity index (χ1n) is 13.8. The fraction of sp³-hybridized carbons (Fsp3) is 0.893. The lowest BCUT2D eigenvalue weighted by Crippen LogP contribution is -2.48. The fourth-order valence-corrected chi connectivity index (χ4v) is 5.98. The molecule has 0 aromatic carbocycles. The minimum atomic E-state index is -1.01. The van der Waals surface area contributed by atoms with Crippen molar-refractivity contribution < 1.29 is 34.3 Å². The molecule has 36 heavy (non-hydrogen) atoms. The number of ether oxygens (including phenoxy) is 3. The molecule has 0 amide bonds. The van der Waals surface area contributed by atoms with Gasteiger partial charge in [0.2, 0.25) is 0 Å². The first-order valence-corrected chi connectivity index (χ1v) is 13.8. The molecule has 0 spiro atoms. The molecule has 2 rings (SSSR count). The van der Waals surface area contributed by atoms with E-state index in [0.29, 0.717) is 19.4 Å². The van der Waals surface area contributed by atoms with Crippen LogP contribution in [-0.4, -0.2) is 89.2 Å². The summed E-state index contributed by atoms with van der Waals surface area (Å²) in [6, 6.07) is -0.296. The molecule has 0 aromatic rings. The smallest absolute Gasteiger partial charge is 0.311 e. The first kappa shape index (κ1) is 31.2. The molecule has 8 heteroatoms. The molecule has 12 atom stereocenters. The van der Waals surface area contributed by atoms with Crippen LogP contribution in [0.1, 0.15) is 67.2 Å². The van der Waals surface area contributed by atoms with Crippen LogP contribution >= 0.6 is 0 Å². The van der Waals surface area contributed by atoms with Crippen molar-refractivity contribution >= 4 is 5.97 Å². The Morgan fingerprint density at radius 2 is 1.78 bits per heavy atom. The number of aliphatic hydroxyl groups is 3. The molecule has 2 fully saturated rings. The van der Waals surface area contributed by atoms with Gasteiger partial charge in [0.25, 0.3) is 0 Å². The van der Waals surface area contributed by atoms with Crippen molar-refractivity contribution in [2.45, 2.75) is 110 Å². The maximum absolute atomic E-state index is 13.1. The molecule has 0 radical (unpaired) electrons. The Kier molecular flexibility index (Phi) is 12.3. The summed E-state index contributed by atoms with van der Waals surface area (Å²) >= 11 is 0. The van der Waals surface area contributed by atoms with Crippen LogP contribution in [0, 0.1) is 29.6 Å². The number of carbonyl (C=O) groups is 1. The number of rotatable bonds is 4. The van der Waals surface area contributed by atoms with Gasteiger partial charge in [-0.3, -0.25) is 9.69 Å². The van der Waals surface area contributed by atoms with Crippen LogP contribution < -0.4 is 0 Å². The van der Waals surface area contributed by atoms with E-state index in [1.165, 1.54) is 0 Å². The molecule has 0 aromatic heterocycles. The Hall–Kier alpha value is -1.03. The van der Waals surface area contributed by atoms with Crippen molar-refractivity contribution in [1.82, 2.24) is 4.90 Å². The van der Waals surface area contributed by atoms with Gasteiger partial charge >= 0.3 is 5.97 Å². The summed E-state index contributed by atoms with van der Waals surface area (Å²) in [4.78, 5) is 15.2. The van der Waals surface area contributed by atoms with E-state index in [1.54, 1.807) is 13.0 Å². The van der Waals surface area contributed by atoms with E-state index in [9.17, 15) is 20.1 Å². The minimum absolute atomic E-state index is 0.0125. The zero-order valence-electron chi connectivity index (χ0n) is 23.4. The van der Waals surface area contributed by atoms with Crippen molar-refractivity contribution in [1.29, 1.82) is 0 Å². The molecular formula is C28H51NO7. The third kappa shape index (κ3) is 7.74. The predicted octanol–water partition coefficient (Wildman–Crippen LogP) is 2.98. The van der Waals surface area contributed by atoms with Gasteiger partial charge < -0.3 is 29.5 Å². The molecule has 0 unspecified atom stereocenters. The standard InChI is InChI=1S/C28H51NO7/c1-9-21-25(32)18(5)23(10-2)35-27(33)20(7)24(31)19(6)26(17(4)14-16(3)15-29(21)8)36-28-22(30)12-11-13-34-28/h9,16-26,28,30-32H,1,10-15H2,2-8H3/t16-,17+,18+,19+,20-,21-,22-,23-,24+,25+,26+,28+/m1/s1. The Balaban J connectivity index is 2.39. The average Bonchev–Trinajstić information content (AvgIpc) is 2.84. The molecule has 0 aliphatic carbocycles. The van der Waals surface area contributed by atoms with Crippen molar-refractivity contribution in [2.24, 2.45) is 29.6 Å². The van der Waals surface area contributed by atoms with Gasteiger partial charge in [0, 0.05) is 25.0 Å². The number of aliphatic hydroxyl groups excluding tert-OH is 3. The van der Waals surface area contributed by atoms with Crippen LogP contribution in [-0.2, 0) is 19.0 Å². The molecule has 210 valence electrons. The van der Waals surface area contributed by atoms with Gasteiger partial charge in [-0.1, -0.05) is 40.7 Å². The summed E-state index contributed by atoms with van der Waals surface area (Å²) in [5.41, 5.74) is 0. The lowest BCUT2D eigenvalue weighted by molar-refractivity contribution is -0.254. The molecule has 2 saturated heterocycles. The monoisotopic (exact) mass is 513 g/mol. The molecule has 0 saturated carbocycles. The van der Waals surface area contributed by atoms with E-state index in [4.69, 9.17) is 14.2 Å². The molecule has 2 aliphatic heterocycles. The number of hydrogen-bond acceptors (Lipinski definition) is 8. The number of likely N-dealkylation sites (N-methyl/N-ethyl adjacent to an activating group) is 1. The van der Waals surface area contributed by atoms with Crippen LogP contribution in [0.25, 0.3) is 0 Å². The summed E-state index contributed by atoms with van der Waals surface area (Å²) in [6.45, 7) is 16.8. The Morgan fingerprint density at radius 3 is 2.36 bits per heavy atom. The number of esters is 1. The van der Waals surface area contributed by atoms with Crippen molar-refractivity contribution in [3.63, 3.8) is 0 Å². The highest BCUT2D eigenvalue weighted by Gasteiger charge is 2.41. The normalized spacial score (nSPS) is 44.8. The Bertz CT molecular complexity index is 691. The van der Waals surface area contributed by atoms with Crippen LogP contribution in [0.2, 0.25) is 0 Å². The van der Waals surface area contributed by atoms with Gasteiger partial charge in [-0.25, -0.2) is 0 Å². The number of cyclic esters (lactones) is 1. The molecular weight excluding hydrogens is 462 g/mol. The molecule has 3 N–H and O–H groups in total. The van der Waals surface area contributed by atoms with Crippen LogP contribution in [0.15, 0.2) is 12.7 Å². The van der Waals surface area contributed by atoms with Crippen LogP contribution in [0.5, 0.6) is 0 Å². The molecule has 2 heterocycles. The summed E-state index contributed by atoms with van der Waals surface area (Å²) in [7, 11) is 1.98. The van der Waals surface area contributed by atoms with Gasteiger partial charge in [0.05, 0.1) is 30.3 Å². The van der Waals surface area contributed by atoms with E-state index in [-0.39, 0.29) is 23.8 Å². The predicted molar refractivity (Wildman–Crippen MR) is 139 cm³/mol. The second-order valence-electron chi connectivity index (χ2n) is 11.4. The quantitative estimate of drug-likeness (QED) is 0.389. The zero-order valence-corrected chi connectivity index (χ0v) is 23.4. The summed E-state index contributed by atoms with van der Waals surface area (Å²) in [6.07, 6.45) is 0.299. The highest BCUT2D eigenvalue weighted by atomic mass is 16.7. The molecule has 0 bridgehead atoms. The minimum Gasteiger partial charge on any atom is -0.462 e. The van der Waals surface area contributed by atoms with E-state index >= 15 is 0 Å². The van der Waals surface area contributed by atoms with Gasteiger partial charge in [0.15, 0.2) is 6.29 Å². The lowest BCUT2D eigenvalue weighted by Gasteiger charge is -2.39. The first-order chi connectivity index (χ1) is 16.9. The number of hydrogen-bond donors (Lipinski definition) is 3. The van der Waals surface area contributed by atoms with Crippen LogP contribution in [0.4, 0.5) is 0 Å². The largest absolute Gasteiger partial charge is 0.462 e. The van der Waals surface area contributed by atoms with E-state index < -0.39 is 54.6 Å². The summed E-state index contributed by atoms with van der Waals surface area (Å²) in [5, 5.41) is 32.9.